The predicted octanol–water partition coefficient (Wildman–Crippen LogP) is 3.91. The standard InChI is InChI=1S/C13H17NOS/c1-8-14-12-10(15-5)6-9(13(2,3)4)7-11(12)16-8/h6-7H,1-5H3. The number of aryl methyl sites for hydroxylation is 1. The number of fused-ring (bicyclic) bond motifs is 1. The normalized spacial score (nSPS) is 12.1. The van der Waals surface area contributed by atoms with Gasteiger partial charge >= 0.3 is 0 Å². The number of rotatable bonds is 1. The summed E-state index contributed by atoms with van der Waals surface area (Å²) in [4.78, 5) is 4.50. The summed E-state index contributed by atoms with van der Waals surface area (Å²) in [5.41, 5.74) is 2.41. The molecule has 0 saturated carbocycles. The SMILES string of the molecule is COc1cc(C(C)(C)C)cc2sc(C)nc12. The molecule has 0 aliphatic rings. The number of methoxy groups -OCH3 is 1. The Kier molecular flexibility index (Phi) is 2.66. The van der Waals surface area contributed by atoms with Crippen LogP contribution in [0.4, 0.5) is 0 Å². The Morgan fingerprint density at radius 2 is 1.94 bits per heavy atom. The van der Waals surface area contributed by atoms with Crippen LogP contribution in [0.25, 0.3) is 10.2 Å². The van der Waals surface area contributed by atoms with Crippen molar-refractivity contribution in [1.82, 2.24) is 4.98 Å². The lowest BCUT2D eigenvalue weighted by Crippen LogP contribution is -2.10. The summed E-state index contributed by atoms with van der Waals surface area (Å²) < 4.78 is 6.63. The van der Waals surface area contributed by atoms with Crippen molar-refractivity contribution in [2.75, 3.05) is 7.11 Å². The number of aromatic nitrogens is 1. The molecule has 2 rings (SSSR count). The van der Waals surface area contributed by atoms with Crippen LogP contribution in [0.15, 0.2) is 12.1 Å². The third-order valence-corrected chi connectivity index (χ3v) is 3.57. The van der Waals surface area contributed by atoms with Crippen molar-refractivity contribution in [2.24, 2.45) is 0 Å². The molecular formula is C13H17NOS. The monoisotopic (exact) mass is 235 g/mol. The average Bonchev–Trinajstić information content (AvgIpc) is 2.54. The Balaban J connectivity index is 2.72. The molecule has 2 aromatic rings. The van der Waals surface area contributed by atoms with Crippen molar-refractivity contribution < 1.29 is 4.74 Å². The molecule has 0 aliphatic carbocycles. The fourth-order valence-electron chi connectivity index (χ4n) is 1.70. The molecule has 1 aromatic heterocycles. The molecule has 0 unspecified atom stereocenters. The predicted molar refractivity (Wildman–Crippen MR) is 69.6 cm³/mol. The summed E-state index contributed by atoms with van der Waals surface area (Å²) in [5, 5.41) is 1.08. The van der Waals surface area contributed by atoms with Crippen molar-refractivity contribution in [3.63, 3.8) is 0 Å². The summed E-state index contributed by atoms with van der Waals surface area (Å²) in [6.07, 6.45) is 0. The largest absolute Gasteiger partial charge is 0.494 e. The van der Waals surface area contributed by atoms with Crippen molar-refractivity contribution in [2.45, 2.75) is 33.1 Å². The van der Waals surface area contributed by atoms with E-state index in [4.69, 9.17) is 4.74 Å². The molecule has 0 spiro atoms. The minimum absolute atomic E-state index is 0.138. The molecule has 0 saturated heterocycles. The fourth-order valence-corrected chi connectivity index (χ4v) is 2.58. The van der Waals surface area contributed by atoms with Crippen LogP contribution in [0.2, 0.25) is 0 Å². The Labute approximate surface area is 100 Å². The van der Waals surface area contributed by atoms with E-state index in [-0.39, 0.29) is 5.41 Å². The molecule has 1 aromatic carbocycles. The first-order valence-corrected chi connectivity index (χ1v) is 6.19. The molecule has 3 heteroatoms. The molecule has 0 amide bonds. The van der Waals surface area contributed by atoms with Crippen molar-refractivity contribution in [1.29, 1.82) is 0 Å². The summed E-state index contributed by atoms with van der Waals surface area (Å²) in [6, 6.07) is 4.32. The third-order valence-electron chi connectivity index (χ3n) is 2.65. The number of nitrogens with zero attached hydrogens (tertiary/aromatic N) is 1. The second kappa shape index (κ2) is 3.74. The maximum absolute atomic E-state index is 5.42. The molecule has 0 aliphatic heterocycles. The molecular weight excluding hydrogens is 218 g/mol. The van der Waals surface area contributed by atoms with E-state index < -0.39 is 0 Å². The van der Waals surface area contributed by atoms with E-state index in [9.17, 15) is 0 Å². The van der Waals surface area contributed by atoms with Crippen LogP contribution >= 0.6 is 11.3 Å². The lowest BCUT2D eigenvalue weighted by atomic mass is 9.87. The highest BCUT2D eigenvalue weighted by Gasteiger charge is 2.18. The Morgan fingerprint density at radius 3 is 2.50 bits per heavy atom. The van der Waals surface area contributed by atoms with Crippen LogP contribution in [0.5, 0.6) is 5.75 Å². The van der Waals surface area contributed by atoms with E-state index in [0.29, 0.717) is 0 Å². The minimum atomic E-state index is 0.138. The lowest BCUT2D eigenvalue weighted by Gasteiger charge is -2.19. The zero-order valence-corrected chi connectivity index (χ0v) is 11.2. The van der Waals surface area contributed by atoms with Gasteiger partial charge in [0, 0.05) is 0 Å². The summed E-state index contributed by atoms with van der Waals surface area (Å²) in [6.45, 7) is 8.66. The van der Waals surface area contributed by atoms with Gasteiger partial charge in [0.1, 0.15) is 11.3 Å². The van der Waals surface area contributed by atoms with Gasteiger partial charge in [-0.2, -0.15) is 0 Å². The number of thiazole rings is 1. The van der Waals surface area contributed by atoms with E-state index in [1.54, 1.807) is 18.4 Å². The minimum Gasteiger partial charge on any atom is -0.494 e. The van der Waals surface area contributed by atoms with Gasteiger partial charge in [0.25, 0.3) is 0 Å². The van der Waals surface area contributed by atoms with E-state index in [0.717, 1.165) is 16.3 Å². The van der Waals surface area contributed by atoms with Crippen LogP contribution in [-0.2, 0) is 5.41 Å². The maximum Gasteiger partial charge on any atom is 0.146 e. The molecule has 0 atom stereocenters. The Bertz CT molecular complexity index is 522. The maximum atomic E-state index is 5.42. The summed E-state index contributed by atoms with van der Waals surface area (Å²) >= 11 is 1.72. The second-order valence-corrected chi connectivity index (χ2v) is 6.24. The van der Waals surface area contributed by atoms with Gasteiger partial charge in [0.2, 0.25) is 0 Å². The van der Waals surface area contributed by atoms with E-state index >= 15 is 0 Å². The number of ether oxygens (including phenoxy) is 1. The zero-order chi connectivity index (χ0) is 11.9. The van der Waals surface area contributed by atoms with Crippen LogP contribution in [0.3, 0.4) is 0 Å². The molecule has 1 heterocycles. The highest BCUT2D eigenvalue weighted by molar-refractivity contribution is 7.18. The van der Waals surface area contributed by atoms with E-state index in [1.165, 1.54) is 10.3 Å². The summed E-state index contributed by atoms with van der Waals surface area (Å²) in [7, 11) is 1.70. The van der Waals surface area contributed by atoms with Crippen LogP contribution in [-0.4, -0.2) is 12.1 Å². The quantitative estimate of drug-likeness (QED) is 0.747. The Hall–Kier alpha value is -1.09. The van der Waals surface area contributed by atoms with Crippen LogP contribution in [0, 0.1) is 6.92 Å². The molecule has 0 radical (unpaired) electrons. The first kappa shape index (κ1) is 11.4. The molecule has 0 fully saturated rings. The Morgan fingerprint density at radius 1 is 1.25 bits per heavy atom. The van der Waals surface area contributed by atoms with Gasteiger partial charge in [-0.3, -0.25) is 0 Å². The summed E-state index contributed by atoms with van der Waals surface area (Å²) in [5.74, 6) is 0.881. The van der Waals surface area contributed by atoms with Gasteiger partial charge in [-0.1, -0.05) is 20.8 Å². The zero-order valence-electron chi connectivity index (χ0n) is 10.4. The van der Waals surface area contributed by atoms with Crippen molar-refractivity contribution >= 4 is 21.6 Å². The van der Waals surface area contributed by atoms with E-state index in [1.807, 2.05) is 6.92 Å². The topological polar surface area (TPSA) is 22.1 Å². The molecule has 0 bridgehead atoms. The lowest BCUT2D eigenvalue weighted by molar-refractivity contribution is 0.417. The van der Waals surface area contributed by atoms with Gasteiger partial charge in [-0.15, -0.1) is 11.3 Å². The molecule has 16 heavy (non-hydrogen) atoms. The van der Waals surface area contributed by atoms with E-state index in [2.05, 4.69) is 37.9 Å². The average molecular weight is 235 g/mol. The van der Waals surface area contributed by atoms with Gasteiger partial charge < -0.3 is 4.74 Å². The van der Waals surface area contributed by atoms with Gasteiger partial charge in [-0.25, -0.2) is 4.98 Å². The number of hydrogen-bond donors (Lipinski definition) is 0. The molecule has 86 valence electrons. The van der Waals surface area contributed by atoms with Gasteiger partial charge in [-0.05, 0) is 30.0 Å². The first-order valence-electron chi connectivity index (χ1n) is 5.37. The smallest absolute Gasteiger partial charge is 0.146 e. The highest BCUT2D eigenvalue weighted by Crippen LogP contribution is 2.35. The molecule has 0 N–H and O–H groups in total. The molecule has 2 nitrogen and oxygen atoms in total. The van der Waals surface area contributed by atoms with Crippen molar-refractivity contribution in [3.8, 4) is 5.75 Å². The third kappa shape index (κ3) is 1.92. The highest BCUT2D eigenvalue weighted by atomic mass is 32.1. The van der Waals surface area contributed by atoms with Gasteiger partial charge in [0.15, 0.2) is 0 Å². The van der Waals surface area contributed by atoms with Crippen LogP contribution < -0.4 is 4.74 Å². The van der Waals surface area contributed by atoms with Crippen molar-refractivity contribution in [3.05, 3.63) is 22.7 Å². The fraction of sp³-hybridized carbons (Fsp3) is 0.462. The van der Waals surface area contributed by atoms with Gasteiger partial charge in [0.05, 0.1) is 16.8 Å². The second-order valence-electron chi connectivity index (χ2n) is 5.01. The number of benzene rings is 1. The number of hydrogen-bond acceptors (Lipinski definition) is 3. The first-order chi connectivity index (χ1) is 7.41. The van der Waals surface area contributed by atoms with Crippen LogP contribution in [0.1, 0.15) is 31.3 Å².